The Bertz CT molecular complexity index is 1100. The molecule has 4 nitrogen and oxygen atoms in total. The minimum atomic E-state index is -9.66. The number of aliphatic hydroxyl groups excluding tert-OH is 3. The van der Waals surface area contributed by atoms with Crippen LogP contribution in [0.2, 0.25) is 0 Å². The molecule has 0 aliphatic carbocycles. The molecule has 0 aromatic heterocycles. The van der Waals surface area contributed by atoms with E-state index in [0.717, 1.165) is 0 Å². The van der Waals surface area contributed by atoms with Gasteiger partial charge in [0.05, 0.1) is 6.10 Å². The Morgan fingerprint density at radius 2 is 0.633 bits per heavy atom. The van der Waals surface area contributed by atoms with Crippen molar-refractivity contribution in [3.8, 4) is 0 Å². The topological polar surface area (TPSA) is 72.7 Å². The van der Waals surface area contributed by atoms with Crippen LogP contribution in [0.1, 0.15) is 19.3 Å². The number of halogens is 25. The maximum atomic E-state index is 14.0. The van der Waals surface area contributed by atoms with E-state index in [9.17, 15) is 115 Å². The first-order valence-corrected chi connectivity index (χ1v) is 12.0. The summed E-state index contributed by atoms with van der Waals surface area (Å²) >= 11 is 0. The van der Waals surface area contributed by atoms with E-state index < -0.39 is 122 Å². The quantitative estimate of drug-likeness (QED) is 0.106. The van der Waals surface area contributed by atoms with Crippen molar-refractivity contribution in [1.29, 1.82) is 0 Å². The molecule has 0 amide bonds. The first-order valence-electron chi connectivity index (χ1n) is 12.0. The summed E-state index contributed by atoms with van der Waals surface area (Å²) in [4.78, 5) is 0. The summed E-state index contributed by atoms with van der Waals surface area (Å²) < 4.78 is 337. The lowest BCUT2D eigenvalue weighted by atomic mass is 9.84. The highest BCUT2D eigenvalue weighted by Crippen LogP contribution is 2.67. The molecule has 0 saturated carbocycles. The summed E-state index contributed by atoms with van der Waals surface area (Å²) in [6.45, 7) is -3.04. The summed E-state index contributed by atoms with van der Waals surface area (Å²) in [6.07, 6.45) is -15.5. The van der Waals surface area contributed by atoms with Gasteiger partial charge in [0.1, 0.15) is 0 Å². The number of alkyl halides is 25. The van der Waals surface area contributed by atoms with Gasteiger partial charge in [-0.1, -0.05) is 0 Å². The third-order valence-electron chi connectivity index (χ3n) is 6.45. The summed E-state index contributed by atoms with van der Waals surface area (Å²) in [5.41, 5.74) is 0. The molecule has 0 radical (unpaired) electrons. The Balaban J connectivity index is 6.95. The Morgan fingerprint density at radius 1 is 0.388 bits per heavy atom. The van der Waals surface area contributed by atoms with E-state index in [1.807, 2.05) is 5.32 Å². The minimum Gasteiger partial charge on any atom is -0.396 e. The van der Waals surface area contributed by atoms with E-state index in [1.165, 1.54) is 0 Å². The Hall–Kier alpha value is -1.91. The van der Waals surface area contributed by atoms with Crippen LogP contribution in [0.15, 0.2) is 0 Å². The van der Waals surface area contributed by atoms with Gasteiger partial charge in [0.2, 0.25) is 0 Å². The van der Waals surface area contributed by atoms with Gasteiger partial charge in [-0.15, -0.1) is 0 Å². The molecule has 0 aliphatic rings. The van der Waals surface area contributed by atoms with Gasteiger partial charge in [-0.3, -0.25) is 0 Å². The highest BCUT2D eigenvalue weighted by Gasteiger charge is 2.99. The predicted molar refractivity (Wildman–Crippen MR) is 106 cm³/mol. The van der Waals surface area contributed by atoms with Crippen molar-refractivity contribution in [3.63, 3.8) is 0 Å². The average molecular weight is 795 g/mol. The van der Waals surface area contributed by atoms with Crippen LogP contribution < -0.4 is 5.32 Å². The fourth-order valence-corrected chi connectivity index (χ4v) is 3.44. The van der Waals surface area contributed by atoms with Crippen molar-refractivity contribution in [1.82, 2.24) is 5.32 Å². The average Bonchev–Trinajstić information content (AvgIpc) is 2.89. The van der Waals surface area contributed by atoms with Gasteiger partial charge in [-0.2, -0.15) is 110 Å². The van der Waals surface area contributed by atoms with E-state index >= 15 is 0 Å². The van der Waals surface area contributed by atoms with Crippen molar-refractivity contribution < 1.29 is 125 Å². The van der Waals surface area contributed by atoms with E-state index in [-0.39, 0.29) is 0 Å². The molecule has 0 aromatic carbocycles. The van der Waals surface area contributed by atoms with Gasteiger partial charge in [0, 0.05) is 32.2 Å². The monoisotopic (exact) mass is 795 g/mol. The van der Waals surface area contributed by atoms with Crippen molar-refractivity contribution in [3.05, 3.63) is 0 Å². The van der Waals surface area contributed by atoms with Crippen LogP contribution >= 0.6 is 0 Å². The maximum absolute atomic E-state index is 14.0. The summed E-state index contributed by atoms with van der Waals surface area (Å²) in [7, 11) is 0. The maximum Gasteiger partial charge on any atom is 0.460 e. The van der Waals surface area contributed by atoms with Crippen LogP contribution in [0.4, 0.5) is 110 Å². The number of hydrogen-bond donors (Lipinski definition) is 4. The Kier molecular flexibility index (Phi) is 13.0. The molecule has 0 bridgehead atoms. The van der Waals surface area contributed by atoms with Crippen molar-refractivity contribution in [2.45, 2.75) is 103 Å². The number of nitrogens with one attached hydrogen (secondary N) is 1. The smallest absolute Gasteiger partial charge is 0.396 e. The number of hydrogen-bond acceptors (Lipinski definition) is 4. The lowest BCUT2D eigenvalue weighted by Gasteiger charge is -2.45. The highest BCUT2D eigenvalue weighted by molar-refractivity contribution is 5.19. The molecule has 29 heteroatoms. The minimum absolute atomic E-state index is 0.425. The molecule has 0 rings (SSSR count). The normalized spacial score (nSPS) is 16.8. The van der Waals surface area contributed by atoms with Gasteiger partial charge >= 0.3 is 71.3 Å². The van der Waals surface area contributed by atoms with Crippen LogP contribution in [-0.4, -0.2) is 119 Å². The molecule has 296 valence electrons. The molecule has 0 heterocycles. The van der Waals surface area contributed by atoms with Crippen molar-refractivity contribution in [2.75, 3.05) is 19.8 Å². The molecule has 49 heavy (non-hydrogen) atoms. The van der Waals surface area contributed by atoms with E-state index in [2.05, 4.69) is 0 Å². The molecule has 0 saturated heterocycles. The molecule has 1 unspecified atom stereocenters. The van der Waals surface area contributed by atoms with Crippen LogP contribution in [0.3, 0.4) is 0 Å². The second-order valence-corrected chi connectivity index (χ2v) is 9.93. The fourth-order valence-electron chi connectivity index (χ4n) is 3.44. The zero-order valence-corrected chi connectivity index (χ0v) is 22.7. The molecule has 0 aliphatic heterocycles. The molecule has 1 atom stereocenters. The van der Waals surface area contributed by atoms with E-state index in [1.54, 1.807) is 0 Å². The molecule has 0 fully saturated rings. The fraction of sp³-hybridized carbons (Fsp3) is 1.00. The van der Waals surface area contributed by atoms with Crippen LogP contribution in [0, 0.1) is 0 Å². The molecule has 0 spiro atoms. The molecule has 4 N–H and O–H groups in total. The van der Waals surface area contributed by atoms with Crippen LogP contribution in [0.5, 0.6) is 0 Å². The number of rotatable bonds is 19. The number of aliphatic hydroxyl groups is 3. The third kappa shape index (κ3) is 7.01. The zero-order chi connectivity index (χ0) is 40.1. The van der Waals surface area contributed by atoms with Gasteiger partial charge in [0.25, 0.3) is 0 Å². The van der Waals surface area contributed by atoms with Crippen LogP contribution in [-0.2, 0) is 0 Å². The van der Waals surface area contributed by atoms with Gasteiger partial charge in [0.15, 0.2) is 0 Å². The Labute approximate surface area is 254 Å². The second kappa shape index (κ2) is 13.6. The highest BCUT2D eigenvalue weighted by atomic mass is 19.4. The second-order valence-electron chi connectivity index (χ2n) is 9.93. The predicted octanol–water partition coefficient (Wildman–Crippen LogP) is 7.01. The first kappa shape index (κ1) is 47.1. The first-order chi connectivity index (χ1) is 21.1. The largest absolute Gasteiger partial charge is 0.460 e. The van der Waals surface area contributed by atoms with Crippen molar-refractivity contribution in [2.24, 2.45) is 0 Å². The van der Waals surface area contributed by atoms with Gasteiger partial charge in [-0.25, -0.2) is 0 Å². The van der Waals surface area contributed by atoms with Gasteiger partial charge in [-0.05, 0) is 12.8 Å². The summed E-state index contributed by atoms with van der Waals surface area (Å²) in [5.74, 6) is -99.3. The lowest BCUT2D eigenvalue weighted by Crippen LogP contribution is -2.78. The van der Waals surface area contributed by atoms with Gasteiger partial charge < -0.3 is 20.6 Å². The third-order valence-corrected chi connectivity index (χ3v) is 6.45. The van der Waals surface area contributed by atoms with E-state index in [4.69, 9.17) is 10.2 Å². The summed E-state index contributed by atoms with van der Waals surface area (Å²) in [5, 5.41) is 28.8. The van der Waals surface area contributed by atoms with Crippen molar-refractivity contribution >= 4 is 0 Å². The zero-order valence-electron chi connectivity index (χ0n) is 22.7. The Morgan fingerprint density at radius 3 is 0.878 bits per heavy atom. The molecular formula is C20H18F25NO3. The summed E-state index contributed by atoms with van der Waals surface area (Å²) in [6, 6.07) is -1.21. The SMILES string of the molecule is OCCC(CCO)NCC(O)CC(F)(F)C(F)(F)C(F)(F)C(F)(F)C(F)(F)C(F)(F)C(F)(F)C(F)(F)C(F)(F)C(F)(F)C(F)(F)C(F)(F)F. The molecule has 0 aromatic rings. The van der Waals surface area contributed by atoms with Crippen LogP contribution in [0.25, 0.3) is 0 Å². The lowest BCUT2D eigenvalue weighted by molar-refractivity contribution is -0.482. The molecular weight excluding hydrogens is 777 g/mol. The standard InChI is InChI=1S/C20H18F25NO3/c21-9(22,5-8(49)6-46-7(1-3-47)2-4-48)10(23,24)11(25,26)12(27,28)13(29,30)14(31,32)15(33,34)16(35,36)17(37,38)18(39,40)19(41,42)20(43,44)45/h7-8,46-49H,1-6H2. The van der Waals surface area contributed by atoms with E-state index in [0.29, 0.717) is 0 Å².